The van der Waals surface area contributed by atoms with Gasteiger partial charge in [-0.25, -0.2) is 0 Å². The molecule has 18 heavy (non-hydrogen) atoms. The van der Waals surface area contributed by atoms with Crippen LogP contribution in [-0.2, 0) is 0 Å². The van der Waals surface area contributed by atoms with Crippen LogP contribution in [0.15, 0.2) is 0 Å². The molecule has 0 amide bonds. The minimum Gasteiger partial charge on any atom is -0.329 e. The highest BCUT2D eigenvalue weighted by Crippen LogP contribution is 2.55. The fraction of sp³-hybridized carbons (Fsp3) is 1.00. The molecule has 0 radical (unpaired) electrons. The van der Waals surface area contributed by atoms with Gasteiger partial charge in [0.25, 0.3) is 0 Å². The molecule has 2 saturated carbocycles. The highest BCUT2D eigenvalue weighted by Gasteiger charge is 2.55. The van der Waals surface area contributed by atoms with Crippen molar-refractivity contribution >= 4 is 0 Å². The van der Waals surface area contributed by atoms with Crippen LogP contribution in [0.1, 0.15) is 46.0 Å². The average molecular weight is 253 g/mol. The Morgan fingerprint density at radius 3 is 1.94 bits per heavy atom. The second kappa shape index (κ2) is 4.46. The SMILES string of the molecule is CN(C)C1(CN(C)C(C)(CN)C2(C)CC2)CCC1. The van der Waals surface area contributed by atoms with Crippen molar-refractivity contribution in [2.24, 2.45) is 11.1 Å². The zero-order chi connectivity index (χ0) is 13.6. The molecule has 1 atom stereocenters. The van der Waals surface area contributed by atoms with E-state index >= 15 is 0 Å². The van der Waals surface area contributed by atoms with Crippen LogP contribution in [0.3, 0.4) is 0 Å². The summed E-state index contributed by atoms with van der Waals surface area (Å²) in [6.45, 7) is 6.69. The summed E-state index contributed by atoms with van der Waals surface area (Å²) in [6.07, 6.45) is 6.71. The van der Waals surface area contributed by atoms with Crippen molar-refractivity contribution in [3.63, 3.8) is 0 Å². The van der Waals surface area contributed by atoms with E-state index in [1.807, 2.05) is 0 Å². The Hall–Kier alpha value is -0.120. The first-order chi connectivity index (χ1) is 8.30. The molecule has 106 valence electrons. The van der Waals surface area contributed by atoms with Gasteiger partial charge in [0.1, 0.15) is 0 Å². The molecular formula is C15H31N3. The summed E-state index contributed by atoms with van der Waals surface area (Å²) < 4.78 is 0. The van der Waals surface area contributed by atoms with Crippen molar-refractivity contribution in [3.8, 4) is 0 Å². The highest BCUT2D eigenvalue weighted by atomic mass is 15.3. The van der Waals surface area contributed by atoms with E-state index in [0.29, 0.717) is 11.0 Å². The van der Waals surface area contributed by atoms with Crippen LogP contribution in [0.4, 0.5) is 0 Å². The second-order valence-electron chi connectivity index (χ2n) is 7.37. The van der Waals surface area contributed by atoms with Gasteiger partial charge >= 0.3 is 0 Å². The molecule has 2 aliphatic carbocycles. The highest BCUT2D eigenvalue weighted by molar-refractivity contribution is 5.11. The zero-order valence-electron chi connectivity index (χ0n) is 12.9. The summed E-state index contributed by atoms with van der Waals surface area (Å²) in [5, 5.41) is 0. The van der Waals surface area contributed by atoms with Gasteiger partial charge in [0.05, 0.1) is 0 Å². The molecule has 0 bridgehead atoms. The van der Waals surface area contributed by atoms with Gasteiger partial charge in [0.15, 0.2) is 0 Å². The van der Waals surface area contributed by atoms with Crippen molar-refractivity contribution in [1.29, 1.82) is 0 Å². The Labute approximate surface area is 113 Å². The summed E-state index contributed by atoms with van der Waals surface area (Å²) in [5.41, 5.74) is 7.13. The van der Waals surface area contributed by atoms with Gasteiger partial charge in [-0.05, 0) is 65.6 Å². The molecule has 2 fully saturated rings. The fourth-order valence-electron chi connectivity index (χ4n) is 3.54. The zero-order valence-corrected chi connectivity index (χ0v) is 12.9. The van der Waals surface area contributed by atoms with E-state index in [9.17, 15) is 0 Å². The lowest BCUT2D eigenvalue weighted by molar-refractivity contribution is -0.0229. The molecule has 0 heterocycles. The molecule has 2 N–H and O–H groups in total. The Bertz CT molecular complexity index is 305. The quantitative estimate of drug-likeness (QED) is 0.785. The van der Waals surface area contributed by atoms with Gasteiger partial charge in [-0.2, -0.15) is 0 Å². The van der Waals surface area contributed by atoms with E-state index in [2.05, 4.69) is 44.8 Å². The summed E-state index contributed by atoms with van der Waals surface area (Å²) in [6, 6.07) is 0. The molecule has 0 aromatic rings. The maximum Gasteiger partial charge on any atom is 0.0354 e. The number of hydrogen-bond acceptors (Lipinski definition) is 3. The van der Waals surface area contributed by atoms with E-state index in [1.54, 1.807) is 0 Å². The van der Waals surface area contributed by atoms with Crippen LogP contribution in [0.5, 0.6) is 0 Å². The summed E-state index contributed by atoms with van der Waals surface area (Å²) >= 11 is 0. The van der Waals surface area contributed by atoms with Crippen molar-refractivity contribution in [3.05, 3.63) is 0 Å². The van der Waals surface area contributed by atoms with Gasteiger partial charge in [0, 0.05) is 24.2 Å². The van der Waals surface area contributed by atoms with Crippen LogP contribution in [0.25, 0.3) is 0 Å². The predicted octanol–water partition coefficient (Wildman–Crippen LogP) is 1.92. The molecule has 3 heteroatoms. The van der Waals surface area contributed by atoms with Crippen molar-refractivity contribution in [2.75, 3.05) is 34.2 Å². The third kappa shape index (κ3) is 2.00. The lowest BCUT2D eigenvalue weighted by Crippen LogP contribution is -2.64. The Balaban J connectivity index is 2.08. The van der Waals surface area contributed by atoms with Gasteiger partial charge in [-0.1, -0.05) is 6.92 Å². The van der Waals surface area contributed by atoms with Crippen LogP contribution < -0.4 is 5.73 Å². The maximum atomic E-state index is 6.13. The van der Waals surface area contributed by atoms with Gasteiger partial charge in [-0.3, -0.25) is 4.90 Å². The maximum absolute atomic E-state index is 6.13. The molecule has 0 aliphatic heterocycles. The third-order valence-corrected chi connectivity index (χ3v) is 6.30. The first-order valence-electron chi connectivity index (χ1n) is 7.38. The molecular weight excluding hydrogens is 222 g/mol. The molecule has 2 aliphatic rings. The third-order valence-electron chi connectivity index (χ3n) is 6.30. The van der Waals surface area contributed by atoms with Crippen molar-refractivity contribution < 1.29 is 0 Å². The Morgan fingerprint density at radius 2 is 1.67 bits per heavy atom. The van der Waals surface area contributed by atoms with E-state index in [-0.39, 0.29) is 5.54 Å². The summed E-state index contributed by atoms with van der Waals surface area (Å²) in [5.74, 6) is 0. The van der Waals surface area contributed by atoms with E-state index in [0.717, 1.165) is 13.1 Å². The van der Waals surface area contributed by atoms with Crippen LogP contribution in [0, 0.1) is 5.41 Å². The van der Waals surface area contributed by atoms with Crippen LogP contribution in [0.2, 0.25) is 0 Å². The molecule has 2 rings (SSSR count). The van der Waals surface area contributed by atoms with Crippen molar-refractivity contribution in [1.82, 2.24) is 9.80 Å². The predicted molar refractivity (Wildman–Crippen MR) is 77.7 cm³/mol. The molecule has 0 spiro atoms. The van der Waals surface area contributed by atoms with Gasteiger partial charge in [-0.15, -0.1) is 0 Å². The summed E-state index contributed by atoms with van der Waals surface area (Å²) in [4.78, 5) is 4.98. The average Bonchev–Trinajstić information content (AvgIpc) is 3.01. The normalized spacial score (nSPS) is 28.0. The number of nitrogens with zero attached hydrogens (tertiary/aromatic N) is 2. The minimum atomic E-state index is 0.158. The van der Waals surface area contributed by atoms with E-state index in [1.165, 1.54) is 32.1 Å². The van der Waals surface area contributed by atoms with E-state index < -0.39 is 0 Å². The minimum absolute atomic E-state index is 0.158. The standard InChI is InChI=1S/C15H31N3/c1-13(9-10-13)14(2,11-16)18(5)12-15(17(3)4)7-6-8-15/h6-12,16H2,1-5H3. The molecule has 0 aromatic heterocycles. The number of rotatable bonds is 6. The van der Waals surface area contributed by atoms with Gasteiger partial charge < -0.3 is 10.6 Å². The van der Waals surface area contributed by atoms with Crippen molar-refractivity contribution in [2.45, 2.75) is 57.0 Å². The number of nitrogens with two attached hydrogens (primary N) is 1. The molecule has 1 unspecified atom stereocenters. The first kappa shape index (κ1) is 14.3. The second-order valence-corrected chi connectivity index (χ2v) is 7.37. The lowest BCUT2D eigenvalue weighted by Gasteiger charge is -2.54. The molecule has 3 nitrogen and oxygen atoms in total. The number of likely N-dealkylation sites (N-methyl/N-ethyl adjacent to an activating group) is 2. The first-order valence-corrected chi connectivity index (χ1v) is 7.38. The lowest BCUT2D eigenvalue weighted by atomic mass is 9.73. The smallest absolute Gasteiger partial charge is 0.0354 e. The summed E-state index contributed by atoms with van der Waals surface area (Å²) in [7, 11) is 6.73. The van der Waals surface area contributed by atoms with Gasteiger partial charge in [0.2, 0.25) is 0 Å². The molecule has 0 saturated heterocycles. The fourth-order valence-corrected chi connectivity index (χ4v) is 3.54. The Morgan fingerprint density at radius 1 is 1.11 bits per heavy atom. The topological polar surface area (TPSA) is 32.5 Å². The van der Waals surface area contributed by atoms with Crippen LogP contribution in [-0.4, -0.2) is 55.1 Å². The monoisotopic (exact) mass is 253 g/mol. The van der Waals surface area contributed by atoms with Crippen LogP contribution >= 0.6 is 0 Å². The number of hydrogen-bond donors (Lipinski definition) is 1. The van der Waals surface area contributed by atoms with E-state index in [4.69, 9.17) is 5.73 Å². The largest absolute Gasteiger partial charge is 0.329 e. The molecule has 0 aromatic carbocycles. The Kier molecular flexibility index (Phi) is 3.54.